The highest BCUT2D eigenvalue weighted by atomic mass is 32.2. The van der Waals surface area contributed by atoms with Crippen LogP contribution in [0, 0.1) is 11.7 Å². The lowest BCUT2D eigenvalue weighted by molar-refractivity contribution is -0.121. The van der Waals surface area contributed by atoms with Crippen LogP contribution in [0.5, 0.6) is 0 Å². The van der Waals surface area contributed by atoms with E-state index in [9.17, 15) is 17.6 Å². The standard InChI is InChI=1S/C20H32FN3O3S/c1-17-8-5-13-23(16-17)14-7-12-22-20(25)11-6-15-24(28(2,26)27)19-10-4-3-9-18(19)21/h3-4,9-10,17H,5-8,11-16H2,1-2H3,(H,22,25)/t17-/m0/s1. The fraction of sp³-hybridized carbons (Fsp3) is 0.650. The van der Waals surface area contributed by atoms with E-state index in [1.165, 1.54) is 31.0 Å². The predicted molar refractivity (Wildman–Crippen MR) is 110 cm³/mol. The van der Waals surface area contributed by atoms with Gasteiger partial charge in [-0.25, -0.2) is 12.8 Å². The van der Waals surface area contributed by atoms with E-state index in [4.69, 9.17) is 0 Å². The molecule has 0 aromatic heterocycles. The molecule has 2 rings (SSSR count). The molecule has 1 aliphatic heterocycles. The highest BCUT2D eigenvalue weighted by molar-refractivity contribution is 7.92. The summed E-state index contributed by atoms with van der Waals surface area (Å²) in [6, 6.07) is 5.75. The van der Waals surface area contributed by atoms with Gasteiger partial charge in [0.15, 0.2) is 0 Å². The van der Waals surface area contributed by atoms with E-state index in [0.717, 1.165) is 42.5 Å². The summed E-state index contributed by atoms with van der Waals surface area (Å²) >= 11 is 0. The summed E-state index contributed by atoms with van der Waals surface area (Å²) in [6.07, 6.45) is 5.03. The van der Waals surface area contributed by atoms with E-state index < -0.39 is 15.8 Å². The van der Waals surface area contributed by atoms with Gasteiger partial charge < -0.3 is 10.2 Å². The van der Waals surface area contributed by atoms with E-state index in [1.807, 2.05) is 0 Å². The molecule has 0 saturated carbocycles. The molecule has 1 fully saturated rings. The minimum atomic E-state index is -3.62. The van der Waals surface area contributed by atoms with E-state index in [0.29, 0.717) is 13.0 Å². The number of para-hydroxylation sites is 1. The van der Waals surface area contributed by atoms with Crippen molar-refractivity contribution < 1.29 is 17.6 Å². The van der Waals surface area contributed by atoms with E-state index >= 15 is 0 Å². The van der Waals surface area contributed by atoms with Gasteiger partial charge in [-0.15, -0.1) is 0 Å². The van der Waals surface area contributed by atoms with Crippen LogP contribution in [0.2, 0.25) is 0 Å². The number of hydrogen-bond donors (Lipinski definition) is 1. The van der Waals surface area contributed by atoms with Gasteiger partial charge in [-0.05, 0) is 56.8 Å². The third-order valence-corrected chi connectivity index (χ3v) is 6.18. The smallest absolute Gasteiger partial charge is 0.232 e. The SMILES string of the molecule is C[C@H]1CCCN(CCCNC(=O)CCCN(c2ccccc2F)S(C)(=O)=O)C1. The summed E-state index contributed by atoms with van der Waals surface area (Å²) in [4.78, 5) is 14.5. The first-order valence-corrected chi connectivity index (χ1v) is 11.8. The molecule has 6 nitrogen and oxygen atoms in total. The van der Waals surface area contributed by atoms with Gasteiger partial charge in [0, 0.05) is 26.1 Å². The Kier molecular flexibility index (Phi) is 8.69. The molecule has 0 bridgehead atoms. The Morgan fingerprint density at radius 1 is 1.32 bits per heavy atom. The van der Waals surface area contributed by atoms with Gasteiger partial charge in [-0.3, -0.25) is 9.10 Å². The van der Waals surface area contributed by atoms with Crippen LogP contribution < -0.4 is 9.62 Å². The zero-order chi connectivity index (χ0) is 20.6. The lowest BCUT2D eigenvalue weighted by atomic mass is 10.0. The van der Waals surface area contributed by atoms with Crippen LogP contribution in [0.1, 0.15) is 39.0 Å². The Hall–Kier alpha value is -1.67. The van der Waals surface area contributed by atoms with Crippen LogP contribution in [-0.4, -0.2) is 58.2 Å². The summed E-state index contributed by atoms with van der Waals surface area (Å²) in [6.45, 7) is 6.21. The number of halogens is 1. The largest absolute Gasteiger partial charge is 0.356 e. The molecule has 1 aromatic rings. The van der Waals surface area contributed by atoms with Gasteiger partial charge >= 0.3 is 0 Å². The van der Waals surface area contributed by atoms with E-state index in [-0.39, 0.29) is 24.6 Å². The Morgan fingerprint density at radius 3 is 2.75 bits per heavy atom. The zero-order valence-corrected chi connectivity index (χ0v) is 17.7. The molecule has 158 valence electrons. The molecule has 8 heteroatoms. The minimum Gasteiger partial charge on any atom is -0.356 e. The number of carbonyl (C=O) groups excluding carboxylic acids is 1. The number of sulfonamides is 1. The molecule has 1 heterocycles. The van der Waals surface area contributed by atoms with E-state index in [1.54, 1.807) is 6.07 Å². The van der Waals surface area contributed by atoms with Crippen molar-refractivity contribution in [3.8, 4) is 0 Å². The number of rotatable bonds is 10. The monoisotopic (exact) mass is 413 g/mol. The van der Waals surface area contributed by atoms with Gasteiger partial charge in [0.2, 0.25) is 15.9 Å². The first-order valence-electron chi connectivity index (χ1n) is 9.98. The first kappa shape index (κ1) is 22.6. The van der Waals surface area contributed by atoms with Crippen LogP contribution in [0.4, 0.5) is 10.1 Å². The second-order valence-corrected chi connectivity index (χ2v) is 9.55. The molecule has 1 saturated heterocycles. The highest BCUT2D eigenvalue weighted by Gasteiger charge is 2.20. The Bertz CT molecular complexity index is 742. The van der Waals surface area contributed by atoms with Crippen molar-refractivity contribution in [2.45, 2.75) is 39.0 Å². The van der Waals surface area contributed by atoms with Crippen molar-refractivity contribution in [1.29, 1.82) is 0 Å². The van der Waals surface area contributed by atoms with Gasteiger partial charge in [0.1, 0.15) is 5.82 Å². The normalized spacial score (nSPS) is 18.0. The molecule has 28 heavy (non-hydrogen) atoms. The molecule has 0 unspecified atom stereocenters. The minimum absolute atomic E-state index is 0.0150. The number of amides is 1. The van der Waals surface area contributed by atoms with Gasteiger partial charge in [-0.1, -0.05) is 19.1 Å². The summed E-state index contributed by atoms with van der Waals surface area (Å²) in [5.74, 6) is 0.0500. The number of nitrogens with zero attached hydrogens (tertiary/aromatic N) is 2. The first-order chi connectivity index (χ1) is 13.3. The number of nitrogens with one attached hydrogen (secondary N) is 1. The number of hydrogen-bond acceptors (Lipinski definition) is 4. The molecule has 1 aliphatic rings. The Labute approximate surface area is 168 Å². The predicted octanol–water partition coefficient (Wildman–Crippen LogP) is 2.61. The highest BCUT2D eigenvalue weighted by Crippen LogP contribution is 2.21. The Balaban J connectivity index is 1.70. The van der Waals surface area contributed by atoms with Crippen molar-refractivity contribution in [2.75, 3.05) is 43.3 Å². The molecule has 1 aromatic carbocycles. The van der Waals surface area contributed by atoms with Crippen molar-refractivity contribution in [3.63, 3.8) is 0 Å². The van der Waals surface area contributed by atoms with Crippen LogP contribution in [0.3, 0.4) is 0 Å². The maximum atomic E-state index is 13.9. The summed E-state index contributed by atoms with van der Waals surface area (Å²) in [5.41, 5.74) is 0.0150. The average molecular weight is 414 g/mol. The number of carbonyl (C=O) groups is 1. The van der Waals surface area contributed by atoms with Crippen LogP contribution in [0.15, 0.2) is 24.3 Å². The van der Waals surface area contributed by atoms with Crippen molar-refractivity contribution in [3.05, 3.63) is 30.1 Å². The molecule has 0 spiro atoms. The molecule has 0 aliphatic carbocycles. The number of piperidine rings is 1. The molecule has 1 atom stereocenters. The third kappa shape index (κ3) is 7.39. The number of anilines is 1. The fourth-order valence-electron chi connectivity index (χ4n) is 3.61. The third-order valence-electron chi connectivity index (χ3n) is 5.00. The number of benzene rings is 1. The second-order valence-electron chi connectivity index (χ2n) is 7.64. The van der Waals surface area contributed by atoms with Gasteiger partial charge in [-0.2, -0.15) is 0 Å². The van der Waals surface area contributed by atoms with Crippen LogP contribution in [-0.2, 0) is 14.8 Å². The van der Waals surface area contributed by atoms with Crippen molar-refractivity contribution >= 4 is 21.6 Å². The van der Waals surface area contributed by atoms with Gasteiger partial charge in [0.25, 0.3) is 0 Å². The molecule has 0 radical (unpaired) electrons. The zero-order valence-electron chi connectivity index (χ0n) is 16.9. The molecular formula is C20H32FN3O3S. The lowest BCUT2D eigenvalue weighted by Gasteiger charge is -2.30. The van der Waals surface area contributed by atoms with E-state index in [2.05, 4.69) is 17.1 Å². The molecular weight excluding hydrogens is 381 g/mol. The average Bonchev–Trinajstić information content (AvgIpc) is 2.62. The summed E-state index contributed by atoms with van der Waals surface area (Å²) < 4.78 is 39.0. The fourth-order valence-corrected chi connectivity index (χ4v) is 4.58. The maximum absolute atomic E-state index is 13.9. The molecule has 1 amide bonds. The maximum Gasteiger partial charge on any atom is 0.232 e. The summed E-state index contributed by atoms with van der Waals surface area (Å²) in [7, 11) is -3.62. The lowest BCUT2D eigenvalue weighted by Crippen LogP contribution is -2.36. The quantitative estimate of drug-likeness (QED) is 0.599. The molecule has 1 N–H and O–H groups in total. The van der Waals surface area contributed by atoms with Crippen molar-refractivity contribution in [1.82, 2.24) is 10.2 Å². The van der Waals surface area contributed by atoms with Gasteiger partial charge in [0.05, 0.1) is 11.9 Å². The number of likely N-dealkylation sites (tertiary alicyclic amines) is 1. The van der Waals surface area contributed by atoms with Crippen molar-refractivity contribution in [2.24, 2.45) is 5.92 Å². The summed E-state index contributed by atoms with van der Waals surface area (Å²) in [5, 5.41) is 2.89. The Morgan fingerprint density at radius 2 is 2.07 bits per heavy atom. The van der Waals surface area contributed by atoms with Crippen LogP contribution in [0.25, 0.3) is 0 Å². The van der Waals surface area contributed by atoms with Crippen LogP contribution >= 0.6 is 0 Å². The topological polar surface area (TPSA) is 69.7 Å². The second kappa shape index (κ2) is 10.8.